The molecule has 0 radical (unpaired) electrons. The van der Waals surface area contributed by atoms with Crippen LogP contribution >= 0.6 is 0 Å². The molecule has 0 saturated heterocycles. The molecule has 84 valence electrons. The highest BCUT2D eigenvalue weighted by Gasteiger charge is 2.27. The van der Waals surface area contributed by atoms with Crippen LogP contribution in [0.15, 0.2) is 0 Å². The summed E-state index contributed by atoms with van der Waals surface area (Å²) in [6.45, 7) is 3.30. The van der Waals surface area contributed by atoms with Crippen LogP contribution in [0.25, 0.3) is 0 Å². The Kier molecular flexibility index (Phi) is 8.04. The molecule has 0 aliphatic heterocycles. The number of hydrogen-bond acceptors (Lipinski definition) is 4. The van der Waals surface area contributed by atoms with Crippen molar-refractivity contribution in [1.82, 2.24) is 4.90 Å². The van der Waals surface area contributed by atoms with Crippen LogP contribution in [0.3, 0.4) is 0 Å². The third-order valence-corrected chi connectivity index (χ3v) is 1.40. The first-order valence-corrected chi connectivity index (χ1v) is 4.07. The van der Waals surface area contributed by atoms with Gasteiger partial charge in [-0.2, -0.15) is 0 Å². The van der Waals surface area contributed by atoms with Crippen LogP contribution in [0.4, 0.5) is 0 Å². The smallest absolute Gasteiger partial charge is 0.337 e. The first-order valence-electron chi connectivity index (χ1n) is 4.07. The molecule has 0 atom stereocenters. The van der Waals surface area contributed by atoms with Crippen LogP contribution < -0.4 is 0 Å². The highest BCUT2D eigenvalue weighted by molar-refractivity contribution is 5.78. The Bertz CT molecular complexity index is 178. The number of amides is 1. The Balaban J connectivity index is 0. The SMILES string of the molecule is CN(C)C=O.COC(=O)C(C)(C)OC. The van der Waals surface area contributed by atoms with E-state index in [1.807, 2.05) is 0 Å². The molecule has 5 nitrogen and oxygen atoms in total. The summed E-state index contributed by atoms with van der Waals surface area (Å²) >= 11 is 0. The lowest BCUT2D eigenvalue weighted by Gasteiger charge is -2.18. The molecular formula is C9H19NO4. The van der Waals surface area contributed by atoms with Crippen molar-refractivity contribution in [1.29, 1.82) is 0 Å². The predicted octanol–water partition coefficient (Wildman–Crippen LogP) is 0.289. The minimum absolute atomic E-state index is 0.356. The highest BCUT2D eigenvalue weighted by Crippen LogP contribution is 2.08. The van der Waals surface area contributed by atoms with Crippen LogP contribution in [0.1, 0.15) is 13.8 Å². The van der Waals surface area contributed by atoms with Crippen LogP contribution in [0.5, 0.6) is 0 Å². The van der Waals surface area contributed by atoms with Crippen molar-refractivity contribution in [2.75, 3.05) is 28.3 Å². The first kappa shape index (κ1) is 15.4. The zero-order valence-electron chi connectivity index (χ0n) is 9.66. The topological polar surface area (TPSA) is 55.8 Å². The summed E-state index contributed by atoms with van der Waals surface area (Å²) in [4.78, 5) is 21.6. The fraction of sp³-hybridized carbons (Fsp3) is 0.778. The second-order valence-corrected chi connectivity index (χ2v) is 3.28. The van der Waals surface area contributed by atoms with Crippen LogP contribution in [0, 0.1) is 0 Å². The van der Waals surface area contributed by atoms with Gasteiger partial charge in [-0.05, 0) is 13.8 Å². The van der Waals surface area contributed by atoms with Gasteiger partial charge in [-0.1, -0.05) is 0 Å². The van der Waals surface area contributed by atoms with Crippen molar-refractivity contribution in [3.63, 3.8) is 0 Å². The molecule has 0 heterocycles. The molecule has 14 heavy (non-hydrogen) atoms. The summed E-state index contributed by atoms with van der Waals surface area (Å²) in [5.74, 6) is -0.356. The molecule has 0 aromatic rings. The number of nitrogens with zero attached hydrogens (tertiary/aromatic N) is 1. The lowest BCUT2D eigenvalue weighted by atomic mass is 10.1. The van der Waals surface area contributed by atoms with E-state index in [0.29, 0.717) is 0 Å². The molecule has 0 aromatic carbocycles. The maximum absolute atomic E-state index is 10.7. The number of esters is 1. The summed E-state index contributed by atoms with van der Waals surface area (Å²) in [6.07, 6.45) is 0.750. The van der Waals surface area contributed by atoms with E-state index < -0.39 is 5.60 Å². The van der Waals surface area contributed by atoms with Crippen molar-refractivity contribution < 1.29 is 19.1 Å². The van der Waals surface area contributed by atoms with E-state index >= 15 is 0 Å². The van der Waals surface area contributed by atoms with Crippen molar-refractivity contribution in [3.8, 4) is 0 Å². The molecule has 0 saturated carbocycles. The third kappa shape index (κ3) is 7.54. The molecular weight excluding hydrogens is 186 g/mol. The van der Waals surface area contributed by atoms with Crippen molar-refractivity contribution in [3.05, 3.63) is 0 Å². The number of methoxy groups -OCH3 is 2. The second-order valence-electron chi connectivity index (χ2n) is 3.28. The van der Waals surface area contributed by atoms with Gasteiger partial charge in [-0.3, -0.25) is 4.79 Å². The largest absolute Gasteiger partial charge is 0.467 e. The van der Waals surface area contributed by atoms with Crippen molar-refractivity contribution in [2.24, 2.45) is 0 Å². The molecule has 0 aliphatic carbocycles. The fourth-order valence-electron chi connectivity index (χ4n) is 0.329. The summed E-state index contributed by atoms with van der Waals surface area (Å²) in [6, 6.07) is 0. The van der Waals surface area contributed by atoms with E-state index in [0.717, 1.165) is 6.41 Å². The van der Waals surface area contributed by atoms with E-state index in [1.54, 1.807) is 27.9 Å². The molecule has 1 amide bonds. The van der Waals surface area contributed by atoms with Gasteiger partial charge in [0, 0.05) is 21.2 Å². The Morgan fingerprint density at radius 2 is 1.64 bits per heavy atom. The average molecular weight is 205 g/mol. The molecule has 0 rings (SSSR count). The number of carbonyl (C=O) groups is 2. The van der Waals surface area contributed by atoms with Crippen LogP contribution in [-0.4, -0.2) is 51.2 Å². The van der Waals surface area contributed by atoms with Gasteiger partial charge in [0.1, 0.15) is 0 Å². The molecule has 0 spiro atoms. The van der Waals surface area contributed by atoms with Gasteiger partial charge in [0.15, 0.2) is 5.60 Å². The minimum atomic E-state index is -0.811. The maximum atomic E-state index is 10.7. The third-order valence-electron chi connectivity index (χ3n) is 1.40. The van der Waals surface area contributed by atoms with Gasteiger partial charge < -0.3 is 14.4 Å². The molecule has 0 unspecified atom stereocenters. The normalized spacial score (nSPS) is 9.57. The summed E-state index contributed by atoms with van der Waals surface area (Å²) in [7, 11) is 6.18. The molecule has 5 heteroatoms. The van der Waals surface area contributed by atoms with E-state index in [-0.39, 0.29) is 5.97 Å². The monoisotopic (exact) mass is 205 g/mol. The zero-order valence-corrected chi connectivity index (χ0v) is 9.66. The fourth-order valence-corrected chi connectivity index (χ4v) is 0.329. The number of ether oxygens (including phenoxy) is 2. The first-order chi connectivity index (χ1) is 6.31. The van der Waals surface area contributed by atoms with Gasteiger partial charge in [-0.25, -0.2) is 4.79 Å². The Labute approximate surface area is 85.0 Å². The van der Waals surface area contributed by atoms with Gasteiger partial charge in [0.2, 0.25) is 6.41 Å². The van der Waals surface area contributed by atoms with E-state index in [4.69, 9.17) is 4.74 Å². The van der Waals surface area contributed by atoms with Gasteiger partial charge >= 0.3 is 5.97 Å². The van der Waals surface area contributed by atoms with Crippen molar-refractivity contribution in [2.45, 2.75) is 19.4 Å². The predicted molar refractivity (Wildman–Crippen MR) is 52.9 cm³/mol. The van der Waals surface area contributed by atoms with Gasteiger partial charge in [-0.15, -0.1) is 0 Å². The van der Waals surface area contributed by atoms with Crippen LogP contribution in [-0.2, 0) is 19.1 Å². The Hall–Kier alpha value is -1.10. The molecule has 0 aliphatic rings. The van der Waals surface area contributed by atoms with Gasteiger partial charge in [0.05, 0.1) is 7.11 Å². The molecule has 0 aromatic heterocycles. The highest BCUT2D eigenvalue weighted by atomic mass is 16.6. The molecule has 0 fully saturated rings. The zero-order chi connectivity index (χ0) is 11.8. The van der Waals surface area contributed by atoms with Gasteiger partial charge in [0.25, 0.3) is 0 Å². The standard InChI is InChI=1S/C6H12O3.C3H7NO/c1-6(2,9-4)5(7)8-3;1-4(2)3-5/h1-4H3;3H,1-2H3. The summed E-state index contributed by atoms with van der Waals surface area (Å²) < 4.78 is 9.26. The Morgan fingerprint density at radius 1 is 1.29 bits per heavy atom. The quantitative estimate of drug-likeness (QED) is 0.491. The molecule has 0 N–H and O–H groups in total. The lowest BCUT2D eigenvalue weighted by Crippen LogP contribution is -2.34. The van der Waals surface area contributed by atoms with E-state index in [9.17, 15) is 9.59 Å². The number of carbonyl (C=O) groups excluding carboxylic acids is 2. The van der Waals surface area contributed by atoms with E-state index in [2.05, 4.69) is 4.74 Å². The summed E-state index contributed by atoms with van der Waals surface area (Å²) in [5, 5.41) is 0. The molecule has 0 bridgehead atoms. The maximum Gasteiger partial charge on any atom is 0.337 e. The second kappa shape index (κ2) is 7.32. The van der Waals surface area contributed by atoms with Crippen molar-refractivity contribution >= 4 is 12.4 Å². The Morgan fingerprint density at radius 3 is 1.71 bits per heavy atom. The lowest BCUT2D eigenvalue weighted by molar-refractivity contribution is -0.161. The van der Waals surface area contributed by atoms with E-state index in [1.165, 1.54) is 19.1 Å². The average Bonchev–Trinajstić information content (AvgIpc) is 2.17. The summed E-state index contributed by atoms with van der Waals surface area (Å²) in [5.41, 5.74) is -0.811. The number of rotatable bonds is 3. The number of hydrogen-bond donors (Lipinski definition) is 0. The van der Waals surface area contributed by atoms with Crippen LogP contribution in [0.2, 0.25) is 0 Å². The minimum Gasteiger partial charge on any atom is -0.467 e.